The summed E-state index contributed by atoms with van der Waals surface area (Å²) >= 11 is 0. The minimum Gasteiger partial charge on any atom is -0.394 e. The first-order valence-electron chi connectivity index (χ1n) is 15.2. The lowest BCUT2D eigenvalue weighted by atomic mass is 9.99. The molecule has 7 atom stereocenters. The van der Waals surface area contributed by atoms with Crippen molar-refractivity contribution in [1.29, 1.82) is 0 Å². The van der Waals surface area contributed by atoms with Gasteiger partial charge in [-0.2, -0.15) is 0 Å². The van der Waals surface area contributed by atoms with Crippen LogP contribution in [0.2, 0.25) is 0 Å². The fourth-order valence-corrected chi connectivity index (χ4v) is 4.86. The zero-order valence-corrected chi connectivity index (χ0v) is 23.9. The van der Waals surface area contributed by atoms with E-state index in [9.17, 15) is 30.3 Å². The molecule has 0 aromatic heterocycles. The molecule has 0 aromatic rings. The molecule has 1 aliphatic rings. The van der Waals surface area contributed by atoms with Crippen LogP contribution in [-0.2, 0) is 14.3 Å². The molecule has 9 heteroatoms. The van der Waals surface area contributed by atoms with Crippen molar-refractivity contribution in [3.05, 3.63) is 0 Å². The van der Waals surface area contributed by atoms with Crippen LogP contribution in [0.3, 0.4) is 0 Å². The van der Waals surface area contributed by atoms with E-state index in [0.29, 0.717) is 12.8 Å². The number of aliphatic hydroxyl groups excluding tert-OH is 5. The van der Waals surface area contributed by atoms with Crippen LogP contribution in [0.5, 0.6) is 0 Å². The number of nitrogens with one attached hydrogen (secondary N) is 1. The Hall–Kier alpha value is -0.810. The Kier molecular flexibility index (Phi) is 20.3. The molecule has 0 spiro atoms. The number of hydrogen-bond donors (Lipinski definition) is 6. The van der Waals surface area contributed by atoms with Gasteiger partial charge in [-0.15, -0.1) is 0 Å². The topological polar surface area (TPSA) is 149 Å². The van der Waals surface area contributed by atoms with E-state index in [1.807, 2.05) is 0 Å². The maximum atomic E-state index is 12.6. The highest BCUT2D eigenvalue weighted by Crippen LogP contribution is 2.22. The third-order valence-electron chi connectivity index (χ3n) is 7.46. The number of carbonyl (C=O) groups is 1. The Balaban J connectivity index is 2.55. The molecule has 226 valence electrons. The van der Waals surface area contributed by atoms with E-state index in [0.717, 1.165) is 38.5 Å². The highest BCUT2D eigenvalue weighted by atomic mass is 16.7. The van der Waals surface area contributed by atoms with Gasteiger partial charge in [0.1, 0.15) is 24.4 Å². The Morgan fingerprint density at radius 2 is 1.32 bits per heavy atom. The number of aliphatic hydroxyl groups is 5. The first-order chi connectivity index (χ1) is 18.3. The second-order valence-corrected chi connectivity index (χ2v) is 10.9. The van der Waals surface area contributed by atoms with Gasteiger partial charge in [0.15, 0.2) is 6.29 Å². The molecule has 0 bridgehead atoms. The van der Waals surface area contributed by atoms with Gasteiger partial charge in [-0.1, -0.05) is 104 Å². The van der Waals surface area contributed by atoms with Crippen molar-refractivity contribution >= 4 is 5.91 Å². The van der Waals surface area contributed by atoms with Gasteiger partial charge >= 0.3 is 0 Å². The zero-order valence-electron chi connectivity index (χ0n) is 23.9. The van der Waals surface area contributed by atoms with Crippen LogP contribution in [0.4, 0.5) is 0 Å². The van der Waals surface area contributed by atoms with Crippen molar-refractivity contribution in [2.24, 2.45) is 0 Å². The second-order valence-electron chi connectivity index (χ2n) is 10.9. The van der Waals surface area contributed by atoms with Crippen molar-refractivity contribution < 1.29 is 39.8 Å². The molecule has 7 unspecified atom stereocenters. The van der Waals surface area contributed by atoms with Gasteiger partial charge in [-0.25, -0.2) is 0 Å². The molecule has 1 saturated heterocycles. The van der Waals surface area contributed by atoms with Crippen molar-refractivity contribution in [2.75, 3.05) is 13.2 Å². The van der Waals surface area contributed by atoms with Gasteiger partial charge in [0.05, 0.1) is 25.4 Å². The monoisotopic (exact) mass is 547 g/mol. The number of amides is 1. The summed E-state index contributed by atoms with van der Waals surface area (Å²) in [4.78, 5) is 12.6. The predicted molar refractivity (Wildman–Crippen MR) is 147 cm³/mol. The summed E-state index contributed by atoms with van der Waals surface area (Å²) in [7, 11) is 0. The average molecular weight is 548 g/mol. The molecule has 1 heterocycles. The summed E-state index contributed by atoms with van der Waals surface area (Å²) in [6.07, 6.45) is 10.0. The standard InChI is InChI=1S/C29H57NO8/c1-3-5-7-9-11-13-14-16-18-23(32)22(30-25(33)19-17-15-12-10-8-6-4-2)21-37-29-28(36)27(35)26(34)24(20-31)38-29/h22-24,26-29,31-32,34-36H,3-21H2,1-2H3,(H,30,33). The van der Waals surface area contributed by atoms with E-state index < -0.39 is 49.5 Å². The molecular weight excluding hydrogens is 490 g/mol. The molecule has 9 nitrogen and oxygen atoms in total. The minimum absolute atomic E-state index is 0.135. The van der Waals surface area contributed by atoms with Crippen LogP contribution in [0.1, 0.15) is 123 Å². The van der Waals surface area contributed by atoms with Gasteiger partial charge in [-0.05, 0) is 12.8 Å². The molecule has 1 rings (SSSR count). The molecule has 0 aromatic carbocycles. The van der Waals surface area contributed by atoms with Crippen LogP contribution in [-0.4, -0.2) is 87.5 Å². The molecular formula is C29H57NO8. The van der Waals surface area contributed by atoms with E-state index in [4.69, 9.17) is 9.47 Å². The van der Waals surface area contributed by atoms with Gasteiger partial charge in [0.2, 0.25) is 5.91 Å². The van der Waals surface area contributed by atoms with Crippen LogP contribution >= 0.6 is 0 Å². The number of ether oxygens (including phenoxy) is 2. The summed E-state index contributed by atoms with van der Waals surface area (Å²) in [5.74, 6) is -0.157. The quantitative estimate of drug-likeness (QED) is 0.107. The average Bonchev–Trinajstić information content (AvgIpc) is 2.91. The first kappa shape index (κ1) is 35.2. The molecule has 38 heavy (non-hydrogen) atoms. The lowest BCUT2D eigenvalue weighted by Crippen LogP contribution is -2.60. The second kappa shape index (κ2) is 21.9. The fourth-order valence-electron chi connectivity index (χ4n) is 4.86. The molecule has 1 amide bonds. The van der Waals surface area contributed by atoms with E-state index in [1.165, 1.54) is 57.8 Å². The third-order valence-corrected chi connectivity index (χ3v) is 7.46. The van der Waals surface area contributed by atoms with Crippen LogP contribution in [0.25, 0.3) is 0 Å². The maximum absolute atomic E-state index is 12.6. The molecule has 1 fully saturated rings. The van der Waals surface area contributed by atoms with Gasteiger partial charge < -0.3 is 40.3 Å². The lowest BCUT2D eigenvalue weighted by Gasteiger charge is -2.40. The Morgan fingerprint density at radius 3 is 1.87 bits per heavy atom. The predicted octanol–water partition coefficient (Wildman–Crippen LogP) is 3.32. The number of unbranched alkanes of at least 4 members (excludes halogenated alkanes) is 13. The fraction of sp³-hybridized carbons (Fsp3) is 0.966. The smallest absolute Gasteiger partial charge is 0.220 e. The summed E-state index contributed by atoms with van der Waals surface area (Å²) < 4.78 is 11.1. The molecule has 6 N–H and O–H groups in total. The summed E-state index contributed by atoms with van der Waals surface area (Å²) in [6, 6.07) is -0.705. The third kappa shape index (κ3) is 14.5. The van der Waals surface area contributed by atoms with Crippen LogP contribution < -0.4 is 5.32 Å². The molecule has 0 saturated carbocycles. The van der Waals surface area contributed by atoms with Crippen LogP contribution in [0, 0.1) is 0 Å². The van der Waals surface area contributed by atoms with E-state index >= 15 is 0 Å². The van der Waals surface area contributed by atoms with Crippen molar-refractivity contribution in [3.8, 4) is 0 Å². The zero-order chi connectivity index (χ0) is 28.2. The number of carbonyl (C=O) groups excluding carboxylic acids is 1. The first-order valence-corrected chi connectivity index (χ1v) is 15.2. The highest BCUT2D eigenvalue weighted by molar-refractivity contribution is 5.76. The maximum Gasteiger partial charge on any atom is 0.220 e. The lowest BCUT2D eigenvalue weighted by molar-refractivity contribution is -0.302. The Labute approximate surface area is 230 Å². The number of rotatable bonds is 23. The van der Waals surface area contributed by atoms with Crippen molar-refractivity contribution in [2.45, 2.75) is 166 Å². The van der Waals surface area contributed by atoms with Gasteiger partial charge in [0, 0.05) is 6.42 Å². The largest absolute Gasteiger partial charge is 0.394 e. The summed E-state index contributed by atoms with van der Waals surface area (Å²) in [6.45, 7) is 3.70. The normalized spacial score (nSPS) is 25.3. The SMILES string of the molecule is CCCCCCCCCCC(O)C(COC1OC(CO)C(O)C(O)C1O)NC(=O)CCCCCCCCC. The van der Waals surface area contributed by atoms with Crippen LogP contribution in [0.15, 0.2) is 0 Å². The summed E-state index contributed by atoms with van der Waals surface area (Å²) in [5, 5.41) is 53.4. The van der Waals surface area contributed by atoms with E-state index in [1.54, 1.807) is 0 Å². The molecule has 0 aliphatic carbocycles. The molecule has 0 radical (unpaired) electrons. The Morgan fingerprint density at radius 1 is 0.789 bits per heavy atom. The summed E-state index contributed by atoms with van der Waals surface area (Å²) in [5.41, 5.74) is 0. The minimum atomic E-state index is -1.54. The van der Waals surface area contributed by atoms with Crippen molar-refractivity contribution in [1.82, 2.24) is 5.32 Å². The highest BCUT2D eigenvalue weighted by Gasteiger charge is 2.44. The molecule has 1 aliphatic heterocycles. The van der Waals surface area contributed by atoms with Crippen molar-refractivity contribution in [3.63, 3.8) is 0 Å². The van der Waals surface area contributed by atoms with Gasteiger partial charge in [-0.3, -0.25) is 4.79 Å². The van der Waals surface area contributed by atoms with E-state index in [2.05, 4.69) is 19.2 Å². The van der Waals surface area contributed by atoms with Gasteiger partial charge in [0.25, 0.3) is 0 Å². The Bertz CT molecular complexity index is 579. The van der Waals surface area contributed by atoms with E-state index in [-0.39, 0.29) is 12.5 Å². The number of hydrogen-bond acceptors (Lipinski definition) is 8.